The lowest BCUT2D eigenvalue weighted by molar-refractivity contribution is -0.136. The second-order valence-corrected chi connectivity index (χ2v) is 6.80. The van der Waals surface area contributed by atoms with Crippen LogP contribution in [0.5, 0.6) is 11.5 Å². The van der Waals surface area contributed by atoms with Crippen molar-refractivity contribution < 1.29 is 23.8 Å². The Hall–Kier alpha value is -3.65. The first-order valence-corrected chi connectivity index (χ1v) is 9.82. The van der Waals surface area contributed by atoms with Crippen LogP contribution in [0.15, 0.2) is 71.9 Å². The Bertz CT molecular complexity index is 987. The summed E-state index contributed by atoms with van der Waals surface area (Å²) in [5, 5.41) is 14.2. The Labute approximate surface area is 179 Å². The first-order chi connectivity index (χ1) is 15.0. The third-order valence-corrected chi connectivity index (χ3v) is 4.36. The first-order valence-electron chi connectivity index (χ1n) is 9.82. The molecule has 0 fully saturated rings. The van der Waals surface area contributed by atoms with Gasteiger partial charge in [-0.1, -0.05) is 30.4 Å². The van der Waals surface area contributed by atoms with Crippen molar-refractivity contribution in [2.24, 2.45) is 10.9 Å². The van der Waals surface area contributed by atoms with Crippen molar-refractivity contribution in [3.63, 3.8) is 0 Å². The normalized spacial score (nSPS) is 13.9. The van der Waals surface area contributed by atoms with Crippen molar-refractivity contribution in [1.29, 1.82) is 0 Å². The van der Waals surface area contributed by atoms with Crippen molar-refractivity contribution in [3.05, 3.63) is 78.1 Å². The number of hydrazine groups is 1. The predicted octanol–water partition coefficient (Wildman–Crippen LogP) is 3.85. The van der Waals surface area contributed by atoms with Gasteiger partial charge in [-0.2, -0.15) is 10.2 Å². The van der Waals surface area contributed by atoms with Gasteiger partial charge in [0.2, 0.25) is 0 Å². The van der Waals surface area contributed by atoms with E-state index in [1.807, 2.05) is 24.3 Å². The average Bonchev–Trinajstić information content (AvgIpc) is 2.76. The smallest absolute Gasteiger partial charge is 0.307 e. The Morgan fingerprint density at radius 2 is 1.90 bits per heavy atom. The number of ether oxygens (including phenoxy) is 2. The number of hydrogen-bond donors (Lipinski definition) is 2. The molecule has 3 rings (SSSR count). The van der Waals surface area contributed by atoms with Gasteiger partial charge < -0.3 is 14.6 Å². The van der Waals surface area contributed by atoms with Crippen molar-refractivity contribution in [2.75, 3.05) is 18.3 Å². The molecule has 31 heavy (non-hydrogen) atoms. The maximum absolute atomic E-state index is 13.8. The minimum absolute atomic E-state index is 0.0230. The van der Waals surface area contributed by atoms with Gasteiger partial charge in [-0.3, -0.25) is 4.79 Å². The number of nitrogens with zero attached hydrogens (tertiary/aromatic N) is 2. The van der Waals surface area contributed by atoms with Gasteiger partial charge in [-0.05, 0) is 35.9 Å². The van der Waals surface area contributed by atoms with Gasteiger partial charge in [-0.15, -0.1) is 0 Å². The van der Waals surface area contributed by atoms with Gasteiger partial charge >= 0.3 is 5.97 Å². The number of benzene rings is 2. The summed E-state index contributed by atoms with van der Waals surface area (Å²) in [4.78, 5) is 10.7. The van der Waals surface area contributed by atoms with Crippen LogP contribution in [0.25, 0.3) is 0 Å². The van der Waals surface area contributed by atoms with E-state index >= 15 is 0 Å². The Morgan fingerprint density at radius 1 is 1.13 bits per heavy atom. The van der Waals surface area contributed by atoms with Crippen LogP contribution in [-0.4, -0.2) is 30.0 Å². The molecule has 162 valence electrons. The molecule has 0 unspecified atom stereocenters. The molecule has 0 spiro atoms. The molecular formula is C23H24FN3O4. The molecule has 0 amide bonds. The van der Waals surface area contributed by atoms with E-state index in [2.05, 4.69) is 5.10 Å². The molecule has 2 aromatic carbocycles. The maximum atomic E-state index is 13.8. The number of carboxylic acid groups (broad SMARTS) is 1. The fourth-order valence-electron chi connectivity index (χ4n) is 2.87. The summed E-state index contributed by atoms with van der Waals surface area (Å²) in [6, 6.07) is 11.0. The number of hydrazone groups is 1. The van der Waals surface area contributed by atoms with Gasteiger partial charge in [0.05, 0.1) is 25.3 Å². The van der Waals surface area contributed by atoms with Crippen LogP contribution in [0.3, 0.4) is 0 Å². The minimum atomic E-state index is -0.875. The summed E-state index contributed by atoms with van der Waals surface area (Å²) < 4.78 is 25.2. The molecule has 0 saturated heterocycles. The zero-order chi connectivity index (χ0) is 22.1. The lowest BCUT2D eigenvalue weighted by Crippen LogP contribution is -2.27. The largest absolute Gasteiger partial charge is 0.493 e. The van der Waals surface area contributed by atoms with Crippen LogP contribution in [-0.2, 0) is 11.2 Å². The number of carbonyl (C=O) groups is 1. The van der Waals surface area contributed by atoms with E-state index in [-0.39, 0.29) is 6.42 Å². The number of rotatable bonds is 10. The monoisotopic (exact) mass is 425 g/mol. The quantitative estimate of drug-likeness (QED) is 0.341. The minimum Gasteiger partial charge on any atom is -0.493 e. The average molecular weight is 425 g/mol. The summed E-state index contributed by atoms with van der Waals surface area (Å²) in [5.74, 6) is 5.78. The molecule has 2 aromatic rings. The third kappa shape index (κ3) is 6.97. The number of allylic oxidation sites excluding steroid dienone is 4. The SMILES string of the molecule is NN(/N=C1/C=CC=CC1)c1cc(F)ccc1OCCCOc1ccc(CC(=O)O)cc1. The Kier molecular flexibility index (Phi) is 7.78. The second-order valence-electron chi connectivity index (χ2n) is 6.80. The maximum Gasteiger partial charge on any atom is 0.307 e. The van der Waals surface area contributed by atoms with Crippen LogP contribution in [0, 0.1) is 5.82 Å². The number of aliphatic carboxylic acids is 1. The molecule has 8 heteroatoms. The fraction of sp³-hybridized carbons (Fsp3) is 0.217. The zero-order valence-corrected chi connectivity index (χ0v) is 16.9. The number of hydrogen-bond acceptors (Lipinski definition) is 6. The van der Waals surface area contributed by atoms with Gasteiger partial charge in [0.25, 0.3) is 0 Å². The summed E-state index contributed by atoms with van der Waals surface area (Å²) >= 11 is 0. The standard InChI is InChI=1S/C23H24FN3O4/c24-18-9-12-22(21(16-18)27(25)26-19-5-2-1-3-6-19)31-14-4-13-30-20-10-7-17(8-11-20)15-23(28)29/h1-3,5,7-12,16H,4,6,13-15,25H2,(H,28,29)/b26-19-. The first kappa shape index (κ1) is 22.0. The van der Waals surface area contributed by atoms with E-state index in [9.17, 15) is 9.18 Å². The van der Waals surface area contributed by atoms with E-state index in [4.69, 9.17) is 20.4 Å². The zero-order valence-electron chi connectivity index (χ0n) is 16.9. The van der Waals surface area contributed by atoms with Crippen LogP contribution in [0.1, 0.15) is 18.4 Å². The highest BCUT2D eigenvalue weighted by Crippen LogP contribution is 2.28. The van der Waals surface area contributed by atoms with Crippen molar-refractivity contribution in [3.8, 4) is 11.5 Å². The molecule has 0 aliphatic heterocycles. The lowest BCUT2D eigenvalue weighted by Gasteiger charge is -2.18. The van der Waals surface area contributed by atoms with Crippen LogP contribution in [0.2, 0.25) is 0 Å². The van der Waals surface area contributed by atoms with Crippen molar-refractivity contribution in [2.45, 2.75) is 19.3 Å². The van der Waals surface area contributed by atoms with Gasteiger partial charge in [0, 0.05) is 18.9 Å². The topological polar surface area (TPSA) is 97.4 Å². The van der Waals surface area contributed by atoms with E-state index < -0.39 is 11.8 Å². The van der Waals surface area contributed by atoms with E-state index in [0.717, 1.165) is 10.8 Å². The lowest BCUT2D eigenvalue weighted by atomic mass is 10.1. The number of anilines is 1. The molecule has 0 aromatic heterocycles. The van der Waals surface area contributed by atoms with E-state index in [0.29, 0.717) is 48.8 Å². The molecule has 1 aliphatic rings. The molecule has 0 saturated carbocycles. The summed E-state index contributed by atoms with van der Waals surface area (Å²) in [6.07, 6.45) is 8.78. The highest BCUT2D eigenvalue weighted by atomic mass is 19.1. The molecule has 0 atom stereocenters. The van der Waals surface area contributed by atoms with Crippen LogP contribution in [0.4, 0.5) is 10.1 Å². The van der Waals surface area contributed by atoms with Gasteiger partial charge in [0.1, 0.15) is 23.0 Å². The Balaban J connectivity index is 1.50. The molecule has 7 nitrogen and oxygen atoms in total. The van der Waals surface area contributed by atoms with Crippen molar-refractivity contribution >= 4 is 17.4 Å². The van der Waals surface area contributed by atoms with Crippen LogP contribution < -0.4 is 20.4 Å². The molecule has 0 heterocycles. The summed E-state index contributed by atoms with van der Waals surface area (Å²) in [6.45, 7) is 0.739. The summed E-state index contributed by atoms with van der Waals surface area (Å²) in [5.41, 5.74) is 1.79. The van der Waals surface area contributed by atoms with Crippen LogP contribution >= 0.6 is 0 Å². The molecule has 0 bridgehead atoms. The number of halogens is 1. The number of carboxylic acids is 1. The highest BCUT2D eigenvalue weighted by Gasteiger charge is 2.12. The molecular weight excluding hydrogens is 401 g/mol. The Morgan fingerprint density at radius 3 is 2.61 bits per heavy atom. The van der Waals surface area contributed by atoms with E-state index in [1.165, 1.54) is 18.2 Å². The number of nitrogens with two attached hydrogens (primary N) is 1. The van der Waals surface area contributed by atoms with Gasteiger partial charge in [-0.25, -0.2) is 10.2 Å². The predicted molar refractivity (Wildman–Crippen MR) is 117 cm³/mol. The van der Waals surface area contributed by atoms with Gasteiger partial charge in [0.15, 0.2) is 0 Å². The highest BCUT2D eigenvalue weighted by molar-refractivity contribution is 5.97. The van der Waals surface area contributed by atoms with E-state index in [1.54, 1.807) is 24.3 Å². The summed E-state index contributed by atoms with van der Waals surface area (Å²) in [7, 11) is 0. The molecule has 3 N–H and O–H groups in total. The molecule has 1 aliphatic carbocycles. The third-order valence-electron chi connectivity index (χ3n) is 4.36. The van der Waals surface area contributed by atoms with Crippen molar-refractivity contribution in [1.82, 2.24) is 0 Å². The fourth-order valence-corrected chi connectivity index (χ4v) is 2.87. The molecule has 0 radical (unpaired) electrons. The second kappa shape index (κ2) is 10.9.